The highest BCUT2D eigenvalue weighted by molar-refractivity contribution is 8.77. The van der Waals surface area contributed by atoms with E-state index in [1.165, 1.54) is 24.8 Å². The predicted molar refractivity (Wildman–Crippen MR) is 150 cm³/mol. The van der Waals surface area contributed by atoms with Crippen molar-refractivity contribution < 1.29 is 9.90 Å². The van der Waals surface area contributed by atoms with Crippen LogP contribution in [0, 0.1) is 34.5 Å². The lowest BCUT2D eigenvalue weighted by Gasteiger charge is -2.56. The molecule has 5 aliphatic rings. The SMILES string of the molecule is C[C@]12CCSSC[C@H](N=C(N)N)CC[C@H]3CSSC[C@@H](CCO)[C@@H]4CC[C@@H]1CC1=C3C(=O)C[C@@]142. The summed E-state index contributed by atoms with van der Waals surface area (Å²) in [6.07, 6.45) is 8.29. The lowest BCUT2D eigenvalue weighted by molar-refractivity contribution is -0.122. The molecule has 5 nitrogen and oxygen atoms in total. The number of aliphatic hydroxyl groups is 1. The largest absolute Gasteiger partial charge is 0.396 e. The Morgan fingerprint density at radius 3 is 2.68 bits per heavy atom. The lowest BCUT2D eigenvalue weighted by Crippen LogP contribution is -2.51. The van der Waals surface area contributed by atoms with Gasteiger partial charge in [-0.05, 0) is 79.6 Å². The molecule has 5 rings (SSSR count). The van der Waals surface area contributed by atoms with Crippen molar-refractivity contribution in [3.05, 3.63) is 11.1 Å². The Kier molecular flexibility index (Phi) is 7.87. The first-order valence-corrected chi connectivity index (χ1v) is 17.8. The maximum Gasteiger partial charge on any atom is 0.186 e. The summed E-state index contributed by atoms with van der Waals surface area (Å²) >= 11 is 0. The van der Waals surface area contributed by atoms with E-state index in [4.69, 9.17) is 11.5 Å². The molecule has 0 saturated heterocycles. The van der Waals surface area contributed by atoms with Crippen LogP contribution in [-0.4, -0.2) is 52.5 Å². The van der Waals surface area contributed by atoms with Crippen LogP contribution in [-0.2, 0) is 4.79 Å². The van der Waals surface area contributed by atoms with Gasteiger partial charge < -0.3 is 16.6 Å². The molecule has 9 heteroatoms. The monoisotopic (exact) mass is 541 g/mol. The first kappa shape index (κ1) is 25.7. The molecule has 2 fully saturated rings. The Balaban J connectivity index is 1.62. The standard InChI is InChI=1S/C25H39N3O2S4/c1-24-7-9-31-34-14-18(28-23(26)27)4-2-16-13-33-32-12-15(6-8-29)19-5-3-17(24)10-20-22(16)21(30)11-25(19,20)24/h15-19,29H,2-14H2,1H3,(H4,26,27,28)/t15-,16+,17-,18-,19+,24+,25+/m1/s1. The topological polar surface area (TPSA) is 102 Å². The number of rotatable bonds is 3. The van der Waals surface area contributed by atoms with Gasteiger partial charge in [0.2, 0.25) is 0 Å². The van der Waals surface area contributed by atoms with Gasteiger partial charge in [-0.25, -0.2) is 4.99 Å². The van der Waals surface area contributed by atoms with Crippen molar-refractivity contribution in [3.63, 3.8) is 0 Å². The number of hydrogen-bond donors (Lipinski definition) is 3. The van der Waals surface area contributed by atoms with Crippen LogP contribution in [0.3, 0.4) is 0 Å². The minimum atomic E-state index is 0.0154. The number of Topliss-reactive ketones (excluding diaryl/α,β-unsaturated/α-hetero) is 1. The van der Waals surface area contributed by atoms with E-state index in [0.717, 1.165) is 55.1 Å². The predicted octanol–water partition coefficient (Wildman–Crippen LogP) is 4.90. The Hall–Kier alpha value is 0.0400. The summed E-state index contributed by atoms with van der Waals surface area (Å²) in [4.78, 5) is 18.5. The second-order valence-electron chi connectivity index (χ2n) is 11.1. The van der Waals surface area contributed by atoms with E-state index in [2.05, 4.69) is 11.9 Å². The fraction of sp³-hybridized carbons (Fsp3) is 0.840. The zero-order chi connectivity index (χ0) is 23.9. The Morgan fingerprint density at radius 1 is 1.09 bits per heavy atom. The van der Waals surface area contributed by atoms with E-state index in [9.17, 15) is 9.90 Å². The summed E-state index contributed by atoms with van der Waals surface area (Å²) in [7, 11) is 7.79. The first-order valence-electron chi connectivity index (χ1n) is 12.9. The minimum absolute atomic E-state index is 0.0154. The summed E-state index contributed by atoms with van der Waals surface area (Å²) in [6, 6.07) is 0.112. The average Bonchev–Trinajstić information content (AvgIpc) is 3.11. The second kappa shape index (κ2) is 10.4. The van der Waals surface area contributed by atoms with Crippen molar-refractivity contribution in [2.24, 2.45) is 51.0 Å². The molecular formula is C25H39N3O2S4. The molecule has 3 aliphatic carbocycles. The minimum Gasteiger partial charge on any atom is -0.396 e. The van der Waals surface area contributed by atoms with Gasteiger partial charge in [-0.3, -0.25) is 4.79 Å². The number of carbonyl (C=O) groups excluding carboxylic acids is 1. The van der Waals surface area contributed by atoms with Gasteiger partial charge in [0.1, 0.15) is 0 Å². The number of guanidine groups is 1. The zero-order valence-electron chi connectivity index (χ0n) is 20.2. The van der Waals surface area contributed by atoms with Crippen LogP contribution >= 0.6 is 43.2 Å². The van der Waals surface area contributed by atoms with Crippen molar-refractivity contribution in [1.82, 2.24) is 0 Å². The molecule has 2 saturated carbocycles. The number of carbonyl (C=O) groups is 1. The lowest BCUT2D eigenvalue weighted by atomic mass is 9.48. The van der Waals surface area contributed by atoms with Crippen molar-refractivity contribution >= 4 is 54.9 Å². The molecule has 0 radical (unpaired) electrons. The van der Waals surface area contributed by atoms with Crippen molar-refractivity contribution in [1.29, 1.82) is 0 Å². The molecule has 1 spiro atoms. The highest BCUT2D eigenvalue weighted by Gasteiger charge is 2.69. The van der Waals surface area contributed by atoms with Gasteiger partial charge >= 0.3 is 0 Å². The maximum atomic E-state index is 13.9. The van der Waals surface area contributed by atoms with E-state index < -0.39 is 0 Å². The molecule has 5 N–H and O–H groups in total. The molecule has 2 heterocycles. The van der Waals surface area contributed by atoms with Crippen molar-refractivity contribution in [3.8, 4) is 0 Å². The number of nitrogens with two attached hydrogens (primary N) is 2. The van der Waals surface area contributed by atoms with Gasteiger partial charge in [-0.2, -0.15) is 0 Å². The number of hydrogen-bond acceptors (Lipinski definition) is 7. The van der Waals surface area contributed by atoms with Crippen LogP contribution in [0.15, 0.2) is 16.1 Å². The van der Waals surface area contributed by atoms with E-state index >= 15 is 0 Å². The summed E-state index contributed by atoms with van der Waals surface area (Å²) in [6.45, 7) is 2.79. The second-order valence-corrected chi connectivity index (χ2v) is 16.3. The Morgan fingerprint density at radius 2 is 1.88 bits per heavy atom. The summed E-state index contributed by atoms with van der Waals surface area (Å²) < 4.78 is 0. The smallest absolute Gasteiger partial charge is 0.186 e. The van der Waals surface area contributed by atoms with Gasteiger partial charge in [0.15, 0.2) is 11.7 Å². The molecule has 0 aromatic rings. The molecule has 0 aromatic heterocycles. The highest BCUT2D eigenvalue weighted by Crippen LogP contribution is 2.75. The normalized spacial score (nSPS) is 42.8. The molecule has 0 amide bonds. The fourth-order valence-corrected chi connectivity index (χ4v) is 13.6. The molecule has 0 unspecified atom stereocenters. The van der Waals surface area contributed by atoms with Crippen LogP contribution in [0.25, 0.3) is 0 Å². The van der Waals surface area contributed by atoms with Crippen LogP contribution in [0.1, 0.15) is 58.3 Å². The Labute approximate surface area is 220 Å². The number of aliphatic imine (C=N–C) groups is 1. The zero-order valence-corrected chi connectivity index (χ0v) is 23.4. The molecule has 7 atom stereocenters. The molecule has 34 heavy (non-hydrogen) atoms. The summed E-state index contributed by atoms with van der Waals surface area (Å²) in [5, 5.41) is 9.97. The number of ketones is 1. The number of nitrogens with zero attached hydrogens (tertiary/aromatic N) is 1. The van der Waals surface area contributed by atoms with Gasteiger partial charge in [-0.1, -0.05) is 55.7 Å². The van der Waals surface area contributed by atoms with E-state index in [1.54, 1.807) is 5.57 Å². The van der Waals surface area contributed by atoms with Gasteiger partial charge in [0, 0.05) is 41.5 Å². The van der Waals surface area contributed by atoms with E-state index in [1.807, 2.05) is 43.2 Å². The fourth-order valence-electron chi connectivity index (χ4n) is 8.28. The molecule has 2 aliphatic heterocycles. The summed E-state index contributed by atoms with van der Waals surface area (Å²) in [5.74, 6) is 6.71. The van der Waals surface area contributed by atoms with Crippen LogP contribution < -0.4 is 11.5 Å². The third-order valence-corrected chi connectivity index (χ3v) is 14.8. The molecule has 190 valence electrons. The third kappa shape index (κ3) is 4.27. The molecule has 0 aromatic carbocycles. The van der Waals surface area contributed by atoms with Crippen LogP contribution in [0.2, 0.25) is 0 Å². The van der Waals surface area contributed by atoms with Gasteiger partial charge in [-0.15, -0.1) is 0 Å². The third-order valence-electron chi connectivity index (χ3n) is 9.77. The van der Waals surface area contributed by atoms with E-state index in [0.29, 0.717) is 29.5 Å². The molecule has 6 bridgehead atoms. The van der Waals surface area contributed by atoms with Crippen LogP contribution in [0.4, 0.5) is 0 Å². The maximum absolute atomic E-state index is 13.9. The summed E-state index contributed by atoms with van der Waals surface area (Å²) in [5.41, 5.74) is 14.5. The Bertz CT molecular complexity index is 863. The van der Waals surface area contributed by atoms with Crippen molar-refractivity contribution in [2.45, 2.75) is 64.3 Å². The first-order chi connectivity index (χ1) is 16.4. The van der Waals surface area contributed by atoms with Gasteiger partial charge in [0.25, 0.3) is 0 Å². The van der Waals surface area contributed by atoms with Gasteiger partial charge in [0.05, 0.1) is 6.04 Å². The quantitative estimate of drug-likeness (QED) is 0.264. The molecular weight excluding hydrogens is 503 g/mol. The average molecular weight is 542 g/mol. The van der Waals surface area contributed by atoms with Crippen LogP contribution in [0.5, 0.6) is 0 Å². The van der Waals surface area contributed by atoms with Crippen molar-refractivity contribution in [2.75, 3.05) is 29.6 Å². The highest BCUT2D eigenvalue weighted by atomic mass is 33.1. The number of allylic oxidation sites excluding steroid dienone is 2. The number of aliphatic hydroxyl groups excluding tert-OH is 1. The van der Waals surface area contributed by atoms with E-state index in [-0.39, 0.29) is 29.4 Å².